The van der Waals surface area contributed by atoms with Crippen molar-refractivity contribution in [2.24, 2.45) is 11.8 Å². The maximum absolute atomic E-state index is 12.8. The molecule has 2 unspecified atom stereocenters. The van der Waals surface area contributed by atoms with Gasteiger partial charge in [0.1, 0.15) is 0 Å². The maximum atomic E-state index is 12.8. The Morgan fingerprint density at radius 2 is 1.83 bits per heavy atom. The first-order valence-corrected chi connectivity index (χ1v) is 6.74. The molecule has 0 bridgehead atoms. The summed E-state index contributed by atoms with van der Waals surface area (Å²) in [4.78, 5) is 0. The molecule has 0 radical (unpaired) electrons. The highest BCUT2D eigenvalue weighted by Crippen LogP contribution is 2.66. The molecule has 0 aromatic heterocycles. The van der Waals surface area contributed by atoms with E-state index in [4.69, 9.17) is 0 Å². The number of benzene rings is 1. The number of alkyl halides is 3. The van der Waals surface area contributed by atoms with E-state index < -0.39 is 17.3 Å². The Kier molecular flexibility index (Phi) is 2.59. The zero-order valence-corrected chi connectivity index (χ0v) is 11.1. The van der Waals surface area contributed by atoms with Gasteiger partial charge in [-0.15, -0.1) is 0 Å². The van der Waals surface area contributed by atoms with E-state index in [0.29, 0.717) is 5.56 Å². The molecule has 3 rings (SSSR count). The van der Waals surface area contributed by atoms with Gasteiger partial charge in [-0.3, -0.25) is 0 Å². The quantitative estimate of drug-likeness (QED) is 0.826. The van der Waals surface area contributed by atoms with Crippen molar-refractivity contribution in [3.8, 4) is 0 Å². The van der Waals surface area contributed by atoms with Gasteiger partial charge in [-0.2, -0.15) is 13.2 Å². The van der Waals surface area contributed by atoms with Crippen LogP contribution < -0.4 is 0 Å². The minimum absolute atomic E-state index is 0.0214. The Bertz CT molecular complexity index is 487. The molecule has 1 aromatic carbocycles. The lowest BCUT2D eigenvalue weighted by atomic mass is 9.97. The zero-order valence-electron chi connectivity index (χ0n) is 9.47. The summed E-state index contributed by atoms with van der Waals surface area (Å²) in [5.74, 6) is 0.305. The normalized spacial score (nSPS) is 34.5. The van der Waals surface area contributed by atoms with E-state index in [1.165, 1.54) is 6.07 Å². The lowest BCUT2D eigenvalue weighted by molar-refractivity contribution is -0.138. The van der Waals surface area contributed by atoms with Crippen LogP contribution in [0.5, 0.6) is 0 Å². The standard InChI is InChI=1S/C13H12BrF3O/c14-11-5-4-7(6-10(11)13(15,16)17)12(18)8-2-1-3-9(8)12/h4-6,8-9,18H,1-3H2. The van der Waals surface area contributed by atoms with Gasteiger partial charge in [0.25, 0.3) is 0 Å². The summed E-state index contributed by atoms with van der Waals surface area (Å²) >= 11 is 2.91. The minimum Gasteiger partial charge on any atom is -0.385 e. The molecule has 0 amide bonds. The third kappa shape index (κ3) is 1.63. The highest BCUT2D eigenvalue weighted by atomic mass is 79.9. The maximum Gasteiger partial charge on any atom is 0.417 e. The Balaban J connectivity index is 2.00. The second kappa shape index (κ2) is 3.73. The predicted molar refractivity (Wildman–Crippen MR) is 63.9 cm³/mol. The van der Waals surface area contributed by atoms with E-state index in [0.717, 1.165) is 25.3 Å². The molecule has 2 atom stereocenters. The number of hydrogen-bond acceptors (Lipinski definition) is 1. The molecule has 0 aliphatic heterocycles. The van der Waals surface area contributed by atoms with Crippen molar-refractivity contribution in [2.45, 2.75) is 31.0 Å². The van der Waals surface area contributed by atoms with E-state index >= 15 is 0 Å². The van der Waals surface area contributed by atoms with Gasteiger partial charge < -0.3 is 5.11 Å². The Morgan fingerprint density at radius 3 is 2.39 bits per heavy atom. The van der Waals surface area contributed by atoms with Crippen LogP contribution in [0, 0.1) is 11.8 Å². The van der Waals surface area contributed by atoms with Crippen molar-refractivity contribution in [3.05, 3.63) is 33.8 Å². The minimum atomic E-state index is -4.39. The van der Waals surface area contributed by atoms with Crippen LogP contribution >= 0.6 is 15.9 Å². The van der Waals surface area contributed by atoms with E-state index in [1.54, 1.807) is 6.07 Å². The molecule has 2 aliphatic rings. The molecular weight excluding hydrogens is 309 g/mol. The van der Waals surface area contributed by atoms with Crippen LogP contribution in [0.2, 0.25) is 0 Å². The zero-order chi connectivity index (χ0) is 13.1. The van der Waals surface area contributed by atoms with Crippen LogP contribution in [0.1, 0.15) is 30.4 Å². The van der Waals surface area contributed by atoms with Gasteiger partial charge in [0, 0.05) is 4.47 Å². The fraction of sp³-hybridized carbons (Fsp3) is 0.538. The van der Waals surface area contributed by atoms with Gasteiger partial charge in [0.05, 0.1) is 11.2 Å². The molecular formula is C13H12BrF3O. The number of halogens is 4. The van der Waals surface area contributed by atoms with E-state index in [2.05, 4.69) is 15.9 Å². The lowest BCUT2D eigenvalue weighted by Crippen LogP contribution is -2.15. The molecule has 18 heavy (non-hydrogen) atoms. The molecule has 5 heteroatoms. The first-order valence-electron chi connectivity index (χ1n) is 5.94. The van der Waals surface area contributed by atoms with E-state index in [1.807, 2.05) is 0 Å². The number of hydrogen-bond donors (Lipinski definition) is 1. The fourth-order valence-electron chi connectivity index (χ4n) is 3.34. The second-order valence-electron chi connectivity index (χ2n) is 5.16. The largest absolute Gasteiger partial charge is 0.417 e. The monoisotopic (exact) mass is 320 g/mol. The van der Waals surface area contributed by atoms with Crippen LogP contribution in [0.25, 0.3) is 0 Å². The molecule has 0 spiro atoms. The highest BCUT2D eigenvalue weighted by Gasteiger charge is 2.66. The van der Waals surface area contributed by atoms with Crippen molar-refractivity contribution in [1.82, 2.24) is 0 Å². The predicted octanol–water partition coefficient (Wildman–Crippen LogP) is 4.09. The molecule has 98 valence electrons. The third-order valence-electron chi connectivity index (χ3n) is 4.27. The first kappa shape index (κ1) is 12.5. The molecule has 2 aliphatic carbocycles. The molecule has 2 saturated carbocycles. The lowest BCUT2D eigenvalue weighted by Gasteiger charge is -2.17. The van der Waals surface area contributed by atoms with Crippen LogP contribution in [-0.2, 0) is 11.8 Å². The summed E-state index contributed by atoms with van der Waals surface area (Å²) in [6, 6.07) is 4.06. The number of fused-ring (bicyclic) bond motifs is 1. The third-order valence-corrected chi connectivity index (χ3v) is 4.96. The van der Waals surface area contributed by atoms with Crippen LogP contribution in [0.4, 0.5) is 13.2 Å². The summed E-state index contributed by atoms with van der Waals surface area (Å²) < 4.78 is 38.5. The average Bonchev–Trinajstić information content (AvgIpc) is 2.69. The van der Waals surface area contributed by atoms with Gasteiger partial charge in [-0.1, -0.05) is 28.4 Å². The van der Waals surface area contributed by atoms with Gasteiger partial charge in [0.15, 0.2) is 0 Å². The summed E-state index contributed by atoms with van der Waals surface area (Å²) in [6.07, 6.45) is -1.49. The molecule has 1 nitrogen and oxygen atoms in total. The van der Waals surface area contributed by atoms with Crippen molar-refractivity contribution in [2.75, 3.05) is 0 Å². The number of rotatable bonds is 1. The summed E-state index contributed by atoms with van der Waals surface area (Å²) in [5, 5.41) is 10.5. The molecule has 1 aromatic rings. The van der Waals surface area contributed by atoms with Gasteiger partial charge in [-0.25, -0.2) is 0 Å². The van der Waals surface area contributed by atoms with Crippen molar-refractivity contribution >= 4 is 15.9 Å². The molecule has 0 saturated heterocycles. The van der Waals surface area contributed by atoms with Crippen molar-refractivity contribution in [3.63, 3.8) is 0 Å². The van der Waals surface area contributed by atoms with Crippen molar-refractivity contribution in [1.29, 1.82) is 0 Å². The molecule has 0 heterocycles. The molecule has 2 fully saturated rings. The Morgan fingerprint density at radius 1 is 1.22 bits per heavy atom. The summed E-state index contributed by atoms with van der Waals surface area (Å²) in [5.41, 5.74) is -1.31. The van der Waals surface area contributed by atoms with E-state index in [9.17, 15) is 18.3 Å². The van der Waals surface area contributed by atoms with Crippen molar-refractivity contribution < 1.29 is 18.3 Å². The summed E-state index contributed by atoms with van der Waals surface area (Å²) in [6.45, 7) is 0. The first-order chi connectivity index (χ1) is 8.35. The summed E-state index contributed by atoms with van der Waals surface area (Å²) in [7, 11) is 0. The molecule has 1 N–H and O–H groups in total. The van der Waals surface area contributed by atoms with Crippen LogP contribution in [-0.4, -0.2) is 5.11 Å². The van der Waals surface area contributed by atoms with Gasteiger partial charge in [0.2, 0.25) is 0 Å². The second-order valence-corrected chi connectivity index (χ2v) is 6.02. The van der Waals surface area contributed by atoms with E-state index in [-0.39, 0.29) is 16.3 Å². The van der Waals surface area contributed by atoms with Crippen LogP contribution in [0.15, 0.2) is 22.7 Å². The fourth-order valence-corrected chi connectivity index (χ4v) is 3.81. The smallest absolute Gasteiger partial charge is 0.385 e. The van der Waals surface area contributed by atoms with Gasteiger partial charge in [-0.05, 0) is 42.4 Å². The Hall–Kier alpha value is -0.550. The average molecular weight is 321 g/mol. The van der Waals surface area contributed by atoms with Gasteiger partial charge >= 0.3 is 6.18 Å². The number of aliphatic hydroxyl groups is 1. The SMILES string of the molecule is OC1(c2ccc(Br)c(C(F)(F)F)c2)C2CCCC21. The Labute approximate surface area is 111 Å². The highest BCUT2D eigenvalue weighted by molar-refractivity contribution is 9.10. The van der Waals surface area contributed by atoms with Crippen LogP contribution in [0.3, 0.4) is 0 Å². The topological polar surface area (TPSA) is 20.2 Å².